The van der Waals surface area contributed by atoms with Crippen molar-refractivity contribution in [2.75, 3.05) is 0 Å². The zero-order chi connectivity index (χ0) is 14.7. The van der Waals surface area contributed by atoms with Crippen molar-refractivity contribution in [2.24, 2.45) is 5.92 Å². The first kappa shape index (κ1) is 14.6. The van der Waals surface area contributed by atoms with E-state index in [0.717, 1.165) is 0 Å². The average molecular weight is 287 g/mol. The molecular weight excluding hydrogens is 270 g/mol. The second-order valence-corrected chi connectivity index (χ2v) is 6.42. The minimum absolute atomic E-state index is 0.0306. The molecule has 0 bridgehead atoms. The Hall–Kier alpha value is -1.80. The van der Waals surface area contributed by atoms with Crippen LogP contribution >= 0.6 is 11.8 Å². The molecule has 0 saturated heterocycles. The van der Waals surface area contributed by atoms with E-state index < -0.39 is 0 Å². The fourth-order valence-corrected chi connectivity index (χ4v) is 2.75. The third kappa shape index (κ3) is 3.02. The number of aromatic nitrogens is 2. The molecule has 0 amide bonds. The molecule has 104 valence electrons. The topological polar surface area (TPSA) is 58.7 Å². The van der Waals surface area contributed by atoms with Crippen molar-refractivity contribution >= 4 is 22.7 Å². The van der Waals surface area contributed by atoms with Gasteiger partial charge in [-0.3, -0.25) is 9.36 Å². The highest BCUT2D eigenvalue weighted by Gasteiger charge is 2.14. The van der Waals surface area contributed by atoms with Crippen LogP contribution in [0.3, 0.4) is 0 Å². The zero-order valence-electron chi connectivity index (χ0n) is 11.8. The minimum atomic E-state index is -0.235. The molecule has 1 heterocycles. The summed E-state index contributed by atoms with van der Waals surface area (Å²) in [7, 11) is 0. The van der Waals surface area contributed by atoms with Gasteiger partial charge in [0.2, 0.25) is 0 Å². The van der Waals surface area contributed by atoms with Crippen LogP contribution in [0.15, 0.2) is 34.2 Å². The normalized spacial score (nSPS) is 12.6. The molecule has 20 heavy (non-hydrogen) atoms. The molecule has 2 aromatic rings. The van der Waals surface area contributed by atoms with Gasteiger partial charge in [0.25, 0.3) is 5.56 Å². The van der Waals surface area contributed by atoms with Gasteiger partial charge in [-0.25, -0.2) is 4.98 Å². The van der Waals surface area contributed by atoms with Gasteiger partial charge in [0, 0.05) is 6.54 Å². The van der Waals surface area contributed by atoms with E-state index in [-0.39, 0.29) is 10.8 Å². The molecule has 0 aliphatic carbocycles. The molecule has 1 aromatic carbocycles. The molecule has 0 aliphatic rings. The van der Waals surface area contributed by atoms with Crippen LogP contribution in [0, 0.1) is 17.2 Å². The van der Waals surface area contributed by atoms with Crippen molar-refractivity contribution in [2.45, 2.75) is 37.7 Å². The third-order valence-corrected chi connectivity index (χ3v) is 3.82. The van der Waals surface area contributed by atoms with Crippen LogP contribution in [0.2, 0.25) is 0 Å². The molecule has 0 spiro atoms. The fourth-order valence-electron chi connectivity index (χ4n) is 1.95. The Morgan fingerprint density at radius 3 is 2.70 bits per heavy atom. The van der Waals surface area contributed by atoms with Crippen LogP contribution in [0.1, 0.15) is 20.8 Å². The Labute approximate surface area is 122 Å². The van der Waals surface area contributed by atoms with Gasteiger partial charge >= 0.3 is 0 Å². The quantitative estimate of drug-likeness (QED) is 0.640. The van der Waals surface area contributed by atoms with Crippen molar-refractivity contribution < 1.29 is 0 Å². The lowest BCUT2D eigenvalue weighted by Gasteiger charge is -2.15. The lowest BCUT2D eigenvalue weighted by molar-refractivity contribution is 0.475. The second-order valence-electron chi connectivity index (χ2n) is 5.11. The average Bonchev–Trinajstić information content (AvgIpc) is 2.42. The predicted octanol–water partition coefficient (Wildman–Crippen LogP) is 3.06. The highest BCUT2D eigenvalue weighted by molar-refractivity contribution is 8.00. The molecule has 0 unspecified atom stereocenters. The number of nitrogens with zero attached hydrogens (tertiary/aromatic N) is 3. The number of benzene rings is 1. The molecule has 0 aliphatic heterocycles. The van der Waals surface area contributed by atoms with Crippen LogP contribution in [0.25, 0.3) is 10.9 Å². The van der Waals surface area contributed by atoms with Crippen LogP contribution < -0.4 is 5.56 Å². The molecule has 0 N–H and O–H groups in total. The predicted molar refractivity (Wildman–Crippen MR) is 81.8 cm³/mol. The van der Waals surface area contributed by atoms with Gasteiger partial charge in [-0.05, 0) is 25.0 Å². The van der Waals surface area contributed by atoms with Gasteiger partial charge in [-0.2, -0.15) is 5.26 Å². The van der Waals surface area contributed by atoms with E-state index in [9.17, 15) is 4.79 Å². The number of hydrogen-bond acceptors (Lipinski definition) is 4. The molecule has 5 heteroatoms. The number of para-hydroxylation sites is 1. The Morgan fingerprint density at radius 2 is 2.05 bits per heavy atom. The van der Waals surface area contributed by atoms with E-state index in [2.05, 4.69) is 24.9 Å². The number of hydrogen-bond donors (Lipinski definition) is 0. The van der Waals surface area contributed by atoms with Crippen LogP contribution in [0.4, 0.5) is 0 Å². The SMILES string of the molecule is CC(C)Cn1c(S[C@@H](C)C#N)nc2ccccc2c1=O. The van der Waals surface area contributed by atoms with Crippen molar-refractivity contribution in [3.8, 4) is 6.07 Å². The summed E-state index contributed by atoms with van der Waals surface area (Å²) in [6, 6.07) is 9.50. The van der Waals surface area contributed by atoms with Gasteiger partial charge in [0.15, 0.2) is 5.16 Å². The fraction of sp³-hybridized carbons (Fsp3) is 0.400. The lowest BCUT2D eigenvalue weighted by Crippen LogP contribution is -2.25. The molecule has 0 fully saturated rings. The molecule has 1 atom stereocenters. The minimum Gasteiger partial charge on any atom is -0.287 e. The van der Waals surface area contributed by atoms with E-state index in [1.807, 2.05) is 25.1 Å². The molecule has 2 rings (SSSR count). The maximum Gasteiger partial charge on any atom is 0.262 e. The van der Waals surface area contributed by atoms with Gasteiger partial charge in [0.05, 0.1) is 22.2 Å². The maximum atomic E-state index is 12.6. The smallest absolute Gasteiger partial charge is 0.262 e. The standard InChI is InChI=1S/C15H17N3OS/c1-10(2)9-18-14(19)12-6-4-5-7-13(12)17-15(18)20-11(3)8-16/h4-7,10-11H,9H2,1-3H3/t11-/m0/s1. The summed E-state index contributed by atoms with van der Waals surface area (Å²) in [6.07, 6.45) is 0. The van der Waals surface area contributed by atoms with Gasteiger partial charge in [-0.15, -0.1) is 0 Å². The summed E-state index contributed by atoms with van der Waals surface area (Å²) in [6.45, 7) is 6.54. The zero-order valence-corrected chi connectivity index (χ0v) is 12.6. The van der Waals surface area contributed by atoms with Gasteiger partial charge < -0.3 is 0 Å². The summed E-state index contributed by atoms with van der Waals surface area (Å²) < 4.78 is 1.69. The van der Waals surface area contributed by atoms with Gasteiger partial charge in [-0.1, -0.05) is 37.7 Å². The van der Waals surface area contributed by atoms with Crippen LogP contribution in [-0.2, 0) is 6.54 Å². The summed E-state index contributed by atoms with van der Waals surface area (Å²) in [5.74, 6) is 0.340. The van der Waals surface area contributed by atoms with E-state index in [0.29, 0.717) is 28.5 Å². The first-order valence-electron chi connectivity index (χ1n) is 6.58. The first-order chi connectivity index (χ1) is 9.52. The highest BCUT2D eigenvalue weighted by Crippen LogP contribution is 2.22. The van der Waals surface area contributed by atoms with Crippen molar-refractivity contribution in [1.29, 1.82) is 5.26 Å². The number of rotatable bonds is 4. The Bertz CT molecular complexity index is 715. The van der Waals surface area contributed by atoms with E-state index in [1.54, 1.807) is 10.6 Å². The van der Waals surface area contributed by atoms with Crippen LogP contribution in [0.5, 0.6) is 0 Å². The van der Waals surface area contributed by atoms with Crippen molar-refractivity contribution in [1.82, 2.24) is 9.55 Å². The molecular formula is C15H17N3OS. The van der Waals surface area contributed by atoms with Crippen molar-refractivity contribution in [3.63, 3.8) is 0 Å². The Balaban J connectivity index is 2.63. The monoisotopic (exact) mass is 287 g/mol. The first-order valence-corrected chi connectivity index (χ1v) is 7.46. The summed E-state index contributed by atoms with van der Waals surface area (Å²) in [5, 5.41) is 9.98. The summed E-state index contributed by atoms with van der Waals surface area (Å²) in [4.78, 5) is 17.1. The number of fused-ring (bicyclic) bond motifs is 1. The number of thioether (sulfide) groups is 1. The lowest BCUT2D eigenvalue weighted by atomic mass is 10.2. The third-order valence-electron chi connectivity index (χ3n) is 2.84. The van der Waals surface area contributed by atoms with E-state index in [4.69, 9.17) is 5.26 Å². The Kier molecular flexibility index (Phi) is 4.46. The molecule has 4 nitrogen and oxygen atoms in total. The molecule has 0 saturated carbocycles. The van der Waals surface area contributed by atoms with E-state index >= 15 is 0 Å². The number of nitriles is 1. The largest absolute Gasteiger partial charge is 0.287 e. The summed E-state index contributed by atoms with van der Waals surface area (Å²) in [5.41, 5.74) is 0.655. The van der Waals surface area contributed by atoms with Gasteiger partial charge in [0.1, 0.15) is 0 Å². The van der Waals surface area contributed by atoms with E-state index in [1.165, 1.54) is 11.8 Å². The Morgan fingerprint density at radius 1 is 1.35 bits per heavy atom. The second kappa shape index (κ2) is 6.10. The molecule has 0 radical (unpaired) electrons. The van der Waals surface area contributed by atoms with Crippen molar-refractivity contribution in [3.05, 3.63) is 34.6 Å². The highest BCUT2D eigenvalue weighted by atomic mass is 32.2. The maximum absolute atomic E-state index is 12.6. The van der Waals surface area contributed by atoms with Crippen LogP contribution in [-0.4, -0.2) is 14.8 Å². The summed E-state index contributed by atoms with van der Waals surface area (Å²) >= 11 is 1.33. The molecule has 1 aromatic heterocycles.